The van der Waals surface area contributed by atoms with Crippen molar-refractivity contribution >= 4 is 5.91 Å². The van der Waals surface area contributed by atoms with Crippen molar-refractivity contribution < 1.29 is 4.79 Å². The van der Waals surface area contributed by atoms with Gasteiger partial charge in [0, 0.05) is 6.54 Å². The Hall–Kier alpha value is -1.39. The highest BCUT2D eigenvalue weighted by atomic mass is 16.2. The summed E-state index contributed by atoms with van der Waals surface area (Å²) in [5.74, 6) is 0.516. The summed E-state index contributed by atoms with van der Waals surface area (Å²) in [6.45, 7) is 6.47. The number of nitrogens with one attached hydrogen (secondary N) is 1. The Morgan fingerprint density at radius 3 is 2.62 bits per heavy atom. The molecule has 0 spiro atoms. The maximum absolute atomic E-state index is 12.1. The zero-order valence-electron chi connectivity index (χ0n) is 12.9. The van der Waals surface area contributed by atoms with Crippen LogP contribution in [0.3, 0.4) is 0 Å². The van der Waals surface area contributed by atoms with E-state index in [9.17, 15) is 4.79 Å². The van der Waals surface area contributed by atoms with Gasteiger partial charge in [0.05, 0.1) is 0 Å². The summed E-state index contributed by atoms with van der Waals surface area (Å²) in [7, 11) is 0. The molecule has 2 rings (SSSR count). The summed E-state index contributed by atoms with van der Waals surface area (Å²) in [4.78, 5) is 14.6. The molecule has 0 saturated carbocycles. The van der Waals surface area contributed by atoms with Gasteiger partial charge < -0.3 is 16.0 Å². The maximum atomic E-state index is 12.1. The Bertz CT molecular complexity index is 427. The van der Waals surface area contributed by atoms with E-state index in [1.807, 2.05) is 30.3 Å². The number of hydrogen-bond donors (Lipinski definition) is 2. The molecule has 0 aromatic heterocycles. The topological polar surface area (TPSA) is 58.4 Å². The number of carbonyl (C=O) groups is 1. The van der Waals surface area contributed by atoms with E-state index in [2.05, 4.69) is 17.1 Å². The molecule has 1 saturated heterocycles. The molecule has 0 radical (unpaired) electrons. The summed E-state index contributed by atoms with van der Waals surface area (Å²) >= 11 is 0. The fourth-order valence-corrected chi connectivity index (χ4v) is 2.90. The molecule has 1 heterocycles. The predicted octanol–water partition coefficient (Wildman–Crippen LogP) is 1.92. The average molecular weight is 289 g/mol. The van der Waals surface area contributed by atoms with Gasteiger partial charge in [0.2, 0.25) is 5.91 Å². The second kappa shape index (κ2) is 8.15. The van der Waals surface area contributed by atoms with Crippen LogP contribution in [0, 0.1) is 5.92 Å². The number of rotatable bonds is 6. The summed E-state index contributed by atoms with van der Waals surface area (Å²) < 4.78 is 0. The predicted molar refractivity (Wildman–Crippen MR) is 85.8 cm³/mol. The lowest BCUT2D eigenvalue weighted by molar-refractivity contribution is -0.122. The van der Waals surface area contributed by atoms with Gasteiger partial charge in [-0.1, -0.05) is 37.3 Å². The normalized spacial score (nSPS) is 18.4. The summed E-state index contributed by atoms with van der Waals surface area (Å²) in [5.41, 5.74) is 6.86. The van der Waals surface area contributed by atoms with Gasteiger partial charge in [-0.05, 0) is 50.4 Å². The van der Waals surface area contributed by atoms with E-state index in [1.165, 1.54) is 25.8 Å². The quantitative estimate of drug-likeness (QED) is 0.841. The van der Waals surface area contributed by atoms with Crippen LogP contribution >= 0.6 is 0 Å². The highest BCUT2D eigenvalue weighted by Crippen LogP contribution is 2.17. The monoisotopic (exact) mass is 289 g/mol. The largest absolute Gasteiger partial charge is 0.354 e. The second-order valence-electron chi connectivity index (χ2n) is 5.92. The number of nitrogens with zero attached hydrogens (tertiary/aromatic N) is 1. The molecule has 3 N–H and O–H groups in total. The van der Waals surface area contributed by atoms with Crippen LogP contribution in [0.5, 0.6) is 0 Å². The number of piperidine rings is 1. The molecule has 1 aliphatic heterocycles. The molecule has 1 aromatic rings. The minimum atomic E-state index is -0.564. The SMILES string of the molecule is CCCN1CCC(CNC(=O)C(N)c2ccccc2)CC1. The number of amides is 1. The first-order valence-electron chi connectivity index (χ1n) is 8.01. The van der Waals surface area contributed by atoms with Crippen molar-refractivity contribution in [3.05, 3.63) is 35.9 Å². The van der Waals surface area contributed by atoms with Crippen LogP contribution in [0.1, 0.15) is 37.8 Å². The first kappa shape index (κ1) is 16.0. The van der Waals surface area contributed by atoms with Crippen molar-refractivity contribution in [2.45, 2.75) is 32.2 Å². The third-order valence-electron chi connectivity index (χ3n) is 4.25. The second-order valence-corrected chi connectivity index (χ2v) is 5.92. The van der Waals surface area contributed by atoms with Crippen LogP contribution in [0.25, 0.3) is 0 Å². The van der Waals surface area contributed by atoms with Gasteiger partial charge in [-0.25, -0.2) is 0 Å². The van der Waals surface area contributed by atoms with Gasteiger partial charge in [-0.2, -0.15) is 0 Å². The first-order chi connectivity index (χ1) is 10.2. The molecule has 0 bridgehead atoms. The number of carbonyl (C=O) groups excluding carboxylic acids is 1. The minimum absolute atomic E-state index is 0.0720. The van der Waals surface area contributed by atoms with Crippen molar-refractivity contribution in [1.82, 2.24) is 10.2 Å². The molecule has 116 valence electrons. The van der Waals surface area contributed by atoms with Gasteiger partial charge in [0.1, 0.15) is 6.04 Å². The fourth-order valence-electron chi connectivity index (χ4n) is 2.90. The minimum Gasteiger partial charge on any atom is -0.354 e. The van der Waals surface area contributed by atoms with E-state index in [4.69, 9.17) is 5.73 Å². The van der Waals surface area contributed by atoms with E-state index in [0.717, 1.165) is 25.2 Å². The van der Waals surface area contributed by atoms with Gasteiger partial charge in [0.25, 0.3) is 0 Å². The molecule has 1 fully saturated rings. The lowest BCUT2D eigenvalue weighted by atomic mass is 9.96. The molecule has 1 amide bonds. The van der Waals surface area contributed by atoms with E-state index in [0.29, 0.717) is 5.92 Å². The fraction of sp³-hybridized carbons (Fsp3) is 0.588. The molecule has 4 heteroatoms. The summed E-state index contributed by atoms with van der Waals surface area (Å²) in [5, 5.41) is 3.02. The lowest BCUT2D eigenvalue weighted by Gasteiger charge is -2.31. The van der Waals surface area contributed by atoms with Crippen LogP contribution in [-0.4, -0.2) is 37.0 Å². The first-order valence-corrected chi connectivity index (χ1v) is 8.01. The Kier molecular flexibility index (Phi) is 6.21. The van der Waals surface area contributed by atoms with Gasteiger partial charge >= 0.3 is 0 Å². The Balaban J connectivity index is 1.72. The Labute approximate surface area is 127 Å². The standard InChI is InChI=1S/C17H27N3O/c1-2-10-20-11-8-14(9-12-20)13-19-17(21)16(18)15-6-4-3-5-7-15/h3-7,14,16H,2,8-13,18H2,1H3,(H,19,21). The van der Waals surface area contributed by atoms with Crippen LogP contribution in [0.15, 0.2) is 30.3 Å². The maximum Gasteiger partial charge on any atom is 0.241 e. The molecule has 1 atom stereocenters. The van der Waals surface area contributed by atoms with Crippen molar-refractivity contribution in [1.29, 1.82) is 0 Å². The smallest absolute Gasteiger partial charge is 0.241 e. The van der Waals surface area contributed by atoms with E-state index in [1.54, 1.807) is 0 Å². The van der Waals surface area contributed by atoms with Gasteiger partial charge in [-0.3, -0.25) is 4.79 Å². The molecule has 4 nitrogen and oxygen atoms in total. The number of likely N-dealkylation sites (tertiary alicyclic amines) is 1. The zero-order valence-corrected chi connectivity index (χ0v) is 12.9. The van der Waals surface area contributed by atoms with Crippen LogP contribution in [-0.2, 0) is 4.79 Å². The zero-order chi connectivity index (χ0) is 15.1. The molecule has 1 unspecified atom stereocenters. The highest BCUT2D eigenvalue weighted by molar-refractivity contribution is 5.82. The molecule has 0 aliphatic carbocycles. The van der Waals surface area contributed by atoms with Crippen molar-refractivity contribution in [2.75, 3.05) is 26.2 Å². The molecule has 21 heavy (non-hydrogen) atoms. The highest BCUT2D eigenvalue weighted by Gasteiger charge is 2.21. The van der Waals surface area contributed by atoms with Crippen LogP contribution in [0.2, 0.25) is 0 Å². The Morgan fingerprint density at radius 2 is 2.00 bits per heavy atom. The lowest BCUT2D eigenvalue weighted by Crippen LogP contribution is -2.41. The number of benzene rings is 1. The van der Waals surface area contributed by atoms with Gasteiger partial charge in [-0.15, -0.1) is 0 Å². The summed E-state index contributed by atoms with van der Waals surface area (Å²) in [6.07, 6.45) is 3.55. The van der Waals surface area contributed by atoms with Crippen LogP contribution < -0.4 is 11.1 Å². The summed E-state index contributed by atoms with van der Waals surface area (Å²) in [6, 6.07) is 8.98. The van der Waals surface area contributed by atoms with E-state index >= 15 is 0 Å². The van der Waals surface area contributed by atoms with E-state index in [-0.39, 0.29) is 5.91 Å². The third kappa shape index (κ3) is 4.83. The van der Waals surface area contributed by atoms with Crippen molar-refractivity contribution in [3.8, 4) is 0 Å². The third-order valence-corrected chi connectivity index (χ3v) is 4.25. The average Bonchev–Trinajstić information content (AvgIpc) is 2.54. The van der Waals surface area contributed by atoms with Crippen LogP contribution in [0.4, 0.5) is 0 Å². The molecular weight excluding hydrogens is 262 g/mol. The molecule has 1 aromatic carbocycles. The van der Waals surface area contributed by atoms with Crippen molar-refractivity contribution in [2.24, 2.45) is 11.7 Å². The number of hydrogen-bond acceptors (Lipinski definition) is 3. The molecule has 1 aliphatic rings. The van der Waals surface area contributed by atoms with Gasteiger partial charge in [0.15, 0.2) is 0 Å². The number of nitrogens with two attached hydrogens (primary N) is 1. The Morgan fingerprint density at radius 1 is 1.33 bits per heavy atom. The molecular formula is C17H27N3O. The van der Waals surface area contributed by atoms with E-state index < -0.39 is 6.04 Å². The van der Waals surface area contributed by atoms with Crippen molar-refractivity contribution in [3.63, 3.8) is 0 Å².